The van der Waals surface area contributed by atoms with Gasteiger partial charge in [-0.2, -0.15) is 0 Å². The molecule has 2 fully saturated rings. The summed E-state index contributed by atoms with van der Waals surface area (Å²) in [5.41, 5.74) is 5.78. The third-order valence-corrected chi connectivity index (χ3v) is 2.29. The average Bonchev–Trinajstić information content (AvgIpc) is 2.35. The van der Waals surface area contributed by atoms with Crippen molar-refractivity contribution >= 4 is 0 Å². The number of nitrogens with one attached hydrogen (secondary N) is 1. The van der Waals surface area contributed by atoms with Crippen molar-refractivity contribution < 1.29 is 4.74 Å². The Morgan fingerprint density at radius 2 is 2.33 bits per heavy atom. The summed E-state index contributed by atoms with van der Waals surface area (Å²) >= 11 is 0. The van der Waals surface area contributed by atoms with Gasteiger partial charge in [0.25, 0.3) is 0 Å². The standard InChI is InChI=1S/C6H12N2O/c7-5-1-8-6-3-9-2-4(5)6/h4-6,8H,1-3,7H2. The van der Waals surface area contributed by atoms with Crippen molar-refractivity contribution in [2.45, 2.75) is 12.1 Å². The maximum atomic E-state index is 5.78. The highest BCUT2D eigenvalue weighted by Crippen LogP contribution is 2.20. The lowest BCUT2D eigenvalue weighted by Gasteiger charge is -2.08. The Kier molecular flexibility index (Phi) is 1.22. The number of ether oxygens (including phenoxy) is 1. The zero-order valence-corrected chi connectivity index (χ0v) is 5.34. The van der Waals surface area contributed by atoms with E-state index in [1.165, 1.54) is 0 Å². The molecule has 0 aromatic carbocycles. The van der Waals surface area contributed by atoms with E-state index in [4.69, 9.17) is 10.5 Å². The van der Waals surface area contributed by atoms with Crippen LogP contribution in [0.4, 0.5) is 0 Å². The number of hydrogen-bond donors (Lipinski definition) is 2. The van der Waals surface area contributed by atoms with Crippen LogP contribution in [0.5, 0.6) is 0 Å². The molecular formula is C6H12N2O. The Morgan fingerprint density at radius 3 is 3.11 bits per heavy atom. The summed E-state index contributed by atoms with van der Waals surface area (Å²) in [7, 11) is 0. The van der Waals surface area contributed by atoms with Crippen LogP contribution in [0.1, 0.15) is 0 Å². The maximum Gasteiger partial charge on any atom is 0.0623 e. The van der Waals surface area contributed by atoms with Crippen LogP contribution < -0.4 is 11.1 Å². The molecule has 52 valence electrons. The quantitative estimate of drug-likeness (QED) is 0.437. The van der Waals surface area contributed by atoms with Crippen molar-refractivity contribution in [2.75, 3.05) is 19.8 Å². The summed E-state index contributed by atoms with van der Waals surface area (Å²) in [6.07, 6.45) is 0. The van der Waals surface area contributed by atoms with Crippen LogP contribution in [0.2, 0.25) is 0 Å². The molecule has 9 heavy (non-hydrogen) atoms. The molecule has 3 atom stereocenters. The van der Waals surface area contributed by atoms with Gasteiger partial charge in [0.15, 0.2) is 0 Å². The van der Waals surface area contributed by atoms with E-state index in [1.807, 2.05) is 0 Å². The van der Waals surface area contributed by atoms with Crippen LogP contribution >= 0.6 is 0 Å². The second-order valence-corrected chi connectivity index (χ2v) is 2.88. The van der Waals surface area contributed by atoms with Gasteiger partial charge in [-0.1, -0.05) is 0 Å². The molecule has 0 radical (unpaired) electrons. The molecule has 2 aliphatic heterocycles. The van der Waals surface area contributed by atoms with Crippen LogP contribution in [-0.2, 0) is 4.74 Å². The van der Waals surface area contributed by atoms with Crippen molar-refractivity contribution in [3.63, 3.8) is 0 Å². The average molecular weight is 128 g/mol. The zero-order valence-electron chi connectivity index (χ0n) is 5.34. The monoisotopic (exact) mass is 128 g/mol. The lowest BCUT2D eigenvalue weighted by atomic mass is 10.0. The predicted octanol–water partition coefficient (Wildman–Crippen LogP) is -1.07. The minimum Gasteiger partial charge on any atom is -0.379 e. The third kappa shape index (κ3) is 0.764. The highest BCUT2D eigenvalue weighted by molar-refractivity contribution is 4.95. The third-order valence-electron chi connectivity index (χ3n) is 2.29. The van der Waals surface area contributed by atoms with Crippen molar-refractivity contribution in [3.05, 3.63) is 0 Å². The molecule has 0 spiro atoms. The Balaban J connectivity index is 2.07. The van der Waals surface area contributed by atoms with E-state index in [-0.39, 0.29) is 0 Å². The van der Waals surface area contributed by atoms with Crippen molar-refractivity contribution in [3.8, 4) is 0 Å². The smallest absolute Gasteiger partial charge is 0.0623 e. The summed E-state index contributed by atoms with van der Waals surface area (Å²) in [6.45, 7) is 2.69. The Labute approximate surface area is 54.6 Å². The van der Waals surface area contributed by atoms with Crippen LogP contribution in [0, 0.1) is 5.92 Å². The Bertz CT molecular complexity index is 118. The first-order valence-corrected chi connectivity index (χ1v) is 3.44. The topological polar surface area (TPSA) is 47.3 Å². The predicted molar refractivity (Wildman–Crippen MR) is 34.1 cm³/mol. The Hall–Kier alpha value is -0.120. The number of hydrogen-bond acceptors (Lipinski definition) is 3. The SMILES string of the molecule is NC1CNC2COCC12. The lowest BCUT2D eigenvalue weighted by Crippen LogP contribution is -2.30. The molecule has 2 rings (SSSR count). The van der Waals surface area contributed by atoms with Gasteiger partial charge in [-0.25, -0.2) is 0 Å². The molecular weight excluding hydrogens is 116 g/mol. The van der Waals surface area contributed by atoms with E-state index in [0.717, 1.165) is 19.8 Å². The summed E-state index contributed by atoms with van der Waals surface area (Å²) in [5, 5.41) is 3.32. The van der Waals surface area contributed by atoms with Crippen molar-refractivity contribution in [1.82, 2.24) is 5.32 Å². The second kappa shape index (κ2) is 1.94. The number of fused-ring (bicyclic) bond motifs is 1. The highest BCUT2D eigenvalue weighted by atomic mass is 16.5. The van der Waals surface area contributed by atoms with Gasteiger partial charge in [0.05, 0.1) is 13.2 Å². The molecule has 3 N–H and O–H groups in total. The largest absolute Gasteiger partial charge is 0.379 e. The van der Waals surface area contributed by atoms with E-state index in [0.29, 0.717) is 18.0 Å². The van der Waals surface area contributed by atoms with Gasteiger partial charge in [-0.3, -0.25) is 0 Å². The molecule has 0 amide bonds. The minimum atomic E-state index is 0.331. The van der Waals surface area contributed by atoms with E-state index >= 15 is 0 Å². The van der Waals surface area contributed by atoms with Gasteiger partial charge < -0.3 is 15.8 Å². The molecule has 0 aromatic rings. The fourth-order valence-corrected chi connectivity index (χ4v) is 1.64. The number of rotatable bonds is 0. The van der Waals surface area contributed by atoms with Crippen LogP contribution in [-0.4, -0.2) is 31.8 Å². The molecule has 3 nitrogen and oxygen atoms in total. The van der Waals surface area contributed by atoms with Crippen LogP contribution in [0.15, 0.2) is 0 Å². The first kappa shape index (κ1) is 5.65. The summed E-state index contributed by atoms with van der Waals surface area (Å²) in [5.74, 6) is 0.588. The van der Waals surface area contributed by atoms with Gasteiger partial charge in [0.2, 0.25) is 0 Å². The first-order chi connectivity index (χ1) is 4.38. The summed E-state index contributed by atoms with van der Waals surface area (Å²) in [6, 6.07) is 0.887. The molecule has 2 aliphatic rings. The van der Waals surface area contributed by atoms with E-state index in [9.17, 15) is 0 Å². The zero-order chi connectivity index (χ0) is 6.27. The molecule has 0 aromatic heterocycles. The molecule has 2 saturated heterocycles. The highest BCUT2D eigenvalue weighted by Gasteiger charge is 2.37. The minimum absolute atomic E-state index is 0.331. The Morgan fingerprint density at radius 1 is 1.44 bits per heavy atom. The van der Waals surface area contributed by atoms with Gasteiger partial charge in [0.1, 0.15) is 0 Å². The van der Waals surface area contributed by atoms with Crippen molar-refractivity contribution in [2.24, 2.45) is 11.7 Å². The fourth-order valence-electron chi connectivity index (χ4n) is 1.64. The molecule has 2 heterocycles. The van der Waals surface area contributed by atoms with E-state index in [2.05, 4.69) is 5.32 Å². The fraction of sp³-hybridized carbons (Fsp3) is 1.00. The normalized spacial score (nSPS) is 49.7. The van der Waals surface area contributed by atoms with Crippen molar-refractivity contribution in [1.29, 1.82) is 0 Å². The second-order valence-electron chi connectivity index (χ2n) is 2.88. The molecule has 0 bridgehead atoms. The van der Waals surface area contributed by atoms with Gasteiger partial charge in [-0.15, -0.1) is 0 Å². The van der Waals surface area contributed by atoms with Gasteiger partial charge in [-0.05, 0) is 0 Å². The number of nitrogens with two attached hydrogens (primary N) is 1. The molecule has 3 unspecified atom stereocenters. The molecule has 0 saturated carbocycles. The first-order valence-electron chi connectivity index (χ1n) is 3.44. The van der Waals surface area contributed by atoms with Gasteiger partial charge >= 0.3 is 0 Å². The lowest BCUT2D eigenvalue weighted by molar-refractivity contribution is 0.174. The molecule has 3 heteroatoms. The van der Waals surface area contributed by atoms with Crippen LogP contribution in [0.25, 0.3) is 0 Å². The summed E-state index contributed by atoms with van der Waals surface area (Å²) < 4.78 is 5.24. The van der Waals surface area contributed by atoms with E-state index in [1.54, 1.807) is 0 Å². The van der Waals surface area contributed by atoms with E-state index < -0.39 is 0 Å². The maximum absolute atomic E-state index is 5.78. The van der Waals surface area contributed by atoms with Crippen LogP contribution in [0.3, 0.4) is 0 Å². The summed E-state index contributed by atoms with van der Waals surface area (Å²) in [4.78, 5) is 0. The molecule has 0 aliphatic carbocycles. The van der Waals surface area contributed by atoms with Gasteiger partial charge in [0, 0.05) is 24.5 Å².